The Morgan fingerprint density at radius 1 is 1.00 bits per heavy atom. The van der Waals surface area contributed by atoms with Crippen molar-refractivity contribution in [3.05, 3.63) is 28.8 Å². The predicted molar refractivity (Wildman–Crippen MR) is 103 cm³/mol. The van der Waals surface area contributed by atoms with E-state index in [2.05, 4.69) is 13.8 Å². The fourth-order valence-electron chi connectivity index (χ4n) is 3.43. The summed E-state index contributed by atoms with van der Waals surface area (Å²) in [7, 11) is 1.66. The molecule has 0 bridgehead atoms. The number of rotatable bonds is 5. The smallest absolute Gasteiger partial charge is 0.227 e. The minimum absolute atomic E-state index is 0.135. The largest absolute Gasteiger partial charge is 0.496 e. The highest BCUT2D eigenvalue weighted by Gasteiger charge is 2.23. The van der Waals surface area contributed by atoms with Crippen molar-refractivity contribution >= 4 is 11.8 Å². The molecule has 144 valence electrons. The highest BCUT2D eigenvalue weighted by molar-refractivity contribution is 5.80. The number of methoxy groups -OCH3 is 1. The van der Waals surface area contributed by atoms with E-state index in [1.165, 1.54) is 0 Å². The molecule has 0 saturated carbocycles. The molecule has 5 heteroatoms. The zero-order valence-electron chi connectivity index (χ0n) is 16.8. The third kappa shape index (κ3) is 4.99. The van der Waals surface area contributed by atoms with Gasteiger partial charge >= 0.3 is 0 Å². The van der Waals surface area contributed by atoms with Gasteiger partial charge in [0, 0.05) is 32.6 Å². The van der Waals surface area contributed by atoms with Gasteiger partial charge < -0.3 is 14.5 Å². The molecule has 2 amide bonds. The lowest BCUT2D eigenvalue weighted by Crippen LogP contribution is -2.38. The van der Waals surface area contributed by atoms with Crippen molar-refractivity contribution in [2.24, 2.45) is 5.92 Å². The van der Waals surface area contributed by atoms with E-state index in [1.54, 1.807) is 7.11 Å². The molecule has 0 unspecified atom stereocenters. The van der Waals surface area contributed by atoms with E-state index in [-0.39, 0.29) is 11.8 Å². The van der Waals surface area contributed by atoms with Gasteiger partial charge in [-0.2, -0.15) is 0 Å². The maximum atomic E-state index is 12.8. The van der Waals surface area contributed by atoms with Crippen LogP contribution in [0.25, 0.3) is 0 Å². The van der Waals surface area contributed by atoms with Gasteiger partial charge in [-0.25, -0.2) is 0 Å². The van der Waals surface area contributed by atoms with Crippen LogP contribution in [0, 0.1) is 19.8 Å². The molecule has 0 aromatic heterocycles. The number of amides is 2. The molecule has 0 radical (unpaired) electrons. The third-order valence-corrected chi connectivity index (χ3v) is 5.20. The van der Waals surface area contributed by atoms with E-state index in [1.807, 2.05) is 35.8 Å². The Bertz CT molecular complexity index is 655. The molecular formula is C21H32N2O3. The van der Waals surface area contributed by atoms with Crippen molar-refractivity contribution in [2.75, 3.05) is 33.3 Å². The molecule has 2 rings (SSSR count). The van der Waals surface area contributed by atoms with E-state index < -0.39 is 0 Å². The summed E-state index contributed by atoms with van der Waals surface area (Å²) >= 11 is 0. The van der Waals surface area contributed by atoms with Crippen LogP contribution in [0.5, 0.6) is 5.75 Å². The molecule has 0 atom stereocenters. The minimum Gasteiger partial charge on any atom is -0.496 e. The molecule has 0 aliphatic carbocycles. The lowest BCUT2D eigenvalue weighted by Gasteiger charge is -2.23. The van der Waals surface area contributed by atoms with E-state index in [9.17, 15) is 9.59 Å². The van der Waals surface area contributed by atoms with Crippen LogP contribution in [-0.4, -0.2) is 54.9 Å². The molecule has 1 heterocycles. The van der Waals surface area contributed by atoms with Gasteiger partial charge in [0.2, 0.25) is 11.8 Å². The zero-order chi connectivity index (χ0) is 19.3. The maximum absolute atomic E-state index is 12.8. The molecule has 0 N–H and O–H groups in total. The van der Waals surface area contributed by atoms with E-state index in [0.717, 1.165) is 42.0 Å². The Kier molecular flexibility index (Phi) is 7.06. The summed E-state index contributed by atoms with van der Waals surface area (Å²) in [6.07, 6.45) is 1.82. The van der Waals surface area contributed by atoms with Crippen LogP contribution in [0.3, 0.4) is 0 Å². The molecule has 1 fully saturated rings. The van der Waals surface area contributed by atoms with Crippen molar-refractivity contribution in [3.8, 4) is 5.75 Å². The fraction of sp³-hybridized carbons (Fsp3) is 0.619. The number of nitrogens with zero attached hydrogens (tertiary/aromatic N) is 2. The maximum Gasteiger partial charge on any atom is 0.227 e. The van der Waals surface area contributed by atoms with Crippen LogP contribution in [0.4, 0.5) is 0 Å². The first-order valence-corrected chi connectivity index (χ1v) is 9.52. The van der Waals surface area contributed by atoms with Gasteiger partial charge in [-0.15, -0.1) is 0 Å². The summed E-state index contributed by atoms with van der Waals surface area (Å²) in [6.45, 7) is 10.9. The average molecular weight is 360 g/mol. The summed E-state index contributed by atoms with van der Waals surface area (Å²) in [5, 5.41) is 0. The summed E-state index contributed by atoms with van der Waals surface area (Å²) < 4.78 is 5.35. The molecular weight excluding hydrogens is 328 g/mol. The normalized spacial score (nSPS) is 15.2. The van der Waals surface area contributed by atoms with E-state index in [4.69, 9.17) is 4.74 Å². The lowest BCUT2D eigenvalue weighted by molar-refractivity contribution is -0.133. The molecule has 1 aliphatic heterocycles. The zero-order valence-corrected chi connectivity index (χ0v) is 16.8. The second kappa shape index (κ2) is 9.06. The average Bonchev–Trinajstić information content (AvgIpc) is 2.85. The number of hydrogen-bond acceptors (Lipinski definition) is 3. The number of carbonyl (C=O) groups excluding carboxylic acids is 2. The summed E-state index contributed by atoms with van der Waals surface area (Å²) in [5.74, 6) is 1.56. The standard InChI is InChI=1S/C21H32N2O3/c1-15(2)13-20(24)22-9-6-10-23(12-11-22)21(25)14-18-7-8-19(26-5)17(4)16(18)3/h7-8,15H,6,9-14H2,1-5H3. The van der Waals surface area contributed by atoms with Gasteiger partial charge in [0.25, 0.3) is 0 Å². The van der Waals surface area contributed by atoms with Gasteiger partial charge in [-0.05, 0) is 48.9 Å². The molecule has 1 aromatic rings. The van der Waals surface area contributed by atoms with Crippen LogP contribution in [-0.2, 0) is 16.0 Å². The Hall–Kier alpha value is -2.04. The molecule has 1 aromatic carbocycles. The number of ether oxygens (including phenoxy) is 1. The first-order chi connectivity index (χ1) is 12.3. The van der Waals surface area contributed by atoms with Crippen LogP contribution >= 0.6 is 0 Å². The van der Waals surface area contributed by atoms with Gasteiger partial charge in [0.15, 0.2) is 0 Å². The minimum atomic E-state index is 0.135. The topological polar surface area (TPSA) is 49.9 Å². The number of benzene rings is 1. The summed E-state index contributed by atoms with van der Waals surface area (Å²) in [6, 6.07) is 3.91. The number of hydrogen-bond donors (Lipinski definition) is 0. The lowest BCUT2D eigenvalue weighted by atomic mass is 9.99. The fourth-order valence-corrected chi connectivity index (χ4v) is 3.43. The van der Waals surface area contributed by atoms with Crippen molar-refractivity contribution in [3.63, 3.8) is 0 Å². The second-order valence-corrected chi connectivity index (χ2v) is 7.57. The van der Waals surface area contributed by atoms with Crippen molar-refractivity contribution in [2.45, 2.75) is 47.0 Å². The first kappa shape index (κ1) is 20.3. The van der Waals surface area contributed by atoms with Crippen molar-refractivity contribution in [1.29, 1.82) is 0 Å². The Balaban J connectivity index is 1.98. The van der Waals surface area contributed by atoms with E-state index in [0.29, 0.717) is 31.8 Å². The predicted octanol–water partition coefficient (Wildman–Crippen LogP) is 2.96. The SMILES string of the molecule is COc1ccc(CC(=O)N2CCCN(C(=O)CC(C)C)CC2)c(C)c1C. The molecule has 0 spiro atoms. The third-order valence-electron chi connectivity index (χ3n) is 5.20. The van der Waals surface area contributed by atoms with Gasteiger partial charge in [0.1, 0.15) is 5.75 Å². The molecule has 1 saturated heterocycles. The van der Waals surface area contributed by atoms with Crippen molar-refractivity contribution < 1.29 is 14.3 Å². The van der Waals surface area contributed by atoms with Crippen LogP contribution < -0.4 is 4.74 Å². The molecule has 1 aliphatic rings. The highest BCUT2D eigenvalue weighted by atomic mass is 16.5. The van der Waals surface area contributed by atoms with E-state index >= 15 is 0 Å². The highest BCUT2D eigenvalue weighted by Crippen LogP contribution is 2.24. The second-order valence-electron chi connectivity index (χ2n) is 7.57. The Morgan fingerprint density at radius 2 is 1.62 bits per heavy atom. The van der Waals surface area contributed by atoms with Gasteiger partial charge in [-0.1, -0.05) is 19.9 Å². The van der Waals surface area contributed by atoms with Gasteiger partial charge in [0.05, 0.1) is 13.5 Å². The van der Waals surface area contributed by atoms with Crippen molar-refractivity contribution in [1.82, 2.24) is 9.80 Å². The molecule has 5 nitrogen and oxygen atoms in total. The van der Waals surface area contributed by atoms with Crippen LogP contribution in [0.2, 0.25) is 0 Å². The summed E-state index contributed by atoms with van der Waals surface area (Å²) in [5.41, 5.74) is 3.24. The Labute approximate surface area is 157 Å². The summed E-state index contributed by atoms with van der Waals surface area (Å²) in [4.78, 5) is 28.9. The monoisotopic (exact) mass is 360 g/mol. The van der Waals surface area contributed by atoms with Crippen LogP contribution in [0.1, 0.15) is 43.4 Å². The first-order valence-electron chi connectivity index (χ1n) is 9.52. The van der Waals surface area contributed by atoms with Crippen LogP contribution in [0.15, 0.2) is 12.1 Å². The Morgan fingerprint density at radius 3 is 2.19 bits per heavy atom. The quantitative estimate of drug-likeness (QED) is 0.811. The molecule has 26 heavy (non-hydrogen) atoms. The van der Waals surface area contributed by atoms with Gasteiger partial charge in [-0.3, -0.25) is 9.59 Å². The number of carbonyl (C=O) groups is 2.